The van der Waals surface area contributed by atoms with Crippen molar-refractivity contribution in [1.29, 1.82) is 0 Å². The lowest BCUT2D eigenvalue weighted by Gasteiger charge is -2.49. The number of thiol groups is 1. The number of nitrogens with zero attached hydrogens (tertiary/aromatic N) is 1. The molecule has 0 aliphatic heterocycles. The Morgan fingerprint density at radius 3 is 2.33 bits per heavy atom. The van der Waals surface area contributed by atoms with E-state index in [4.69, 9.17) is 36.7 Å². The summed E-state index contributed by atoms with van der Waals surface area (Å²) in [4.78, 5) is 3.80. The van der Waals surface area contributed by atoms with Gasteiger partial charge in [0, 0.05) is 19.1 Å². The molecule has 1 aliphatic rings. The van der Waals surface area contributed by atoms with E-state index in [1.807, 2.05) is 30.3 Å². The third-order valence-corrected chi connectivity index (χ3v) is 6.51. The number of likely N-dealkylation sites (N-methyl/N-ethyl adjacent to an activating group) is 1. The number of hydrogen-bond acceptors (Lipinski definition) is 3. The third kappa shape index (κ3) is 6.48. The molecule has 0 aromatic heterocycles. The van der Waals surface area contributed by atoms with Crippen molar-refractivity contribution in [2.24, 2.45) is 10.8 Å². The lowest BCUT2D eigenvalue weighted by molar-refractivity contribution is 0.0604. The van der Waals surface area contributed by atoms with Gasteiger partial charge in [-0.05, 0) is 42.6 Å². The molecule has 0 heterocycles. The van der Waals surface area contributed by atoms with Crippen molar-refractivity contribution in [3.05, 3.63) is 35.9 Å². The Bertz CT molecular complexity index is 701. The molecule has 148 valence electrons. The zero-order valence-corrected chi connectivity index (χ0v) is 20.0. The monoisotopic (exact) mass is 438 g/mol. The van der Waals surface area contributed by atoms with Crippen molar-refractivity contribution in [3.63, 3.8) is 0 Å². The predicted octanol–water partition coefficient (Wildman–Crippen LogP) is 5.44. The maximum absolute atomic E-state index is 5.79. The van der Waals surface area contributed by atoms with E-state index >= 15 is 0 Å². The zero-order chi connectivity index (χ0) is 20.2. The van der Waals surface area contributed by atoms with Gasteiger partial charge in [0.1, 0.15) is 9.31 Å². The van der Waals surface area contributed by atoms with Crippen molar-refractivity contribution in [3.8, 4) is 0 Å². The van der Waals surface area contributed by atoms with Crippen LogP contribution in [0, 0.1) is 10.8 Å². The van der Waals surface area contributed by atoms with E-state index in [0.29, 0.717) is 10.4 Å². The summed E-state index contributed by atoms with van der Waals surface area (Å²) in [5, 5.41) is 3.38. The van der Waals surface area contributed by atoms with Crippen LogP contribution in [0.3, 0.4) is 0 Å². The second-order valence-corrected chi connectivity index (χ2v) is 10.7. The Balaban J connectivity index is 2.16. The summed E-state index contributed by atoms with van der Waals surface area (Å²) in [7, 11) is 0. The molecule has 0 amide bonds. The standard InChI is InChI=1S/C21H30N2S4/c1-5-23(18(25)17(24)15-9-7-6-8-10-15)14-21(4)12-16(22-19(26)27)11-20(2,3)13-21/h6-10,16H,5,11-14H2,1-4H3,(H2,22,26,27). The maximum Gasteiger partial charge on any atom is 0.130 e. The molecule has 1 aromatic carbocycles. The van der Waals surface area contributed by atoms with Crippen LogP contribution in [0.1, 0.15) is 52.5 Å². The Morgan fingerprint density at radius 1 is 1.15 bits per heavy atom. The molecular weight excluding hydrogens is 409 g/mol. The molecule has 1 fully saturated rings. The highest BCUT2D eigenvalue weighted by atomic mass is 32.1. The molecule has 0 saturated heterocycles. The lowest BCUT2D eigenvalue weighted by atomic mass is 9.62. The van der Waals surface area contributed by atoms with Crippen LogP contribution in [0.5, 0.6) is 0 Å². The van der Waals surface area contributed by atoms with Crippen LogP contribution in [0.25, 0.3) is 0 Å². The van der Waals surface area contributed by atoms with Crippen molar-refractivity contribution in [2.45, 2.75) is 53.0 Å². The van der Waals surface area contributed by atoms with E-state index in [-0.39, 0.29) is 10.8 Å². The summed E-state index contributed by atoms with van der Waals surface area (Å²) in [6.07, 6.45) is 3.30. The minimum Gasteiger partial charge on any atom is -0.368 e. The number of thiocarbonyl (C=S) groups is 3. The summed E-state index contributed by atoms with van der Waals surface area (Å²) in [5.74, 6) is 0. The van der Waals surface area contributed by atoms with Gasteiger partial charge in [0.15, 0.2) is 0 Å². The van der Waals surface area contributed by atoms with Gasteiger partial charge < -0.3 is 10.2 Å². The molecule has 1 N–H and O–H groups in total. The summed E-state index contributed by atoms with van der Waals surface area (Å²) in [6, 6.07) is 10.4. The molecule has 0 radical (unpaired) electrons. The van der Waals surface area contributed by atoms with Gasteiger partial charge in [-0.3, -0.25) is 0 Å². The van der Waals surface area contributed by atoms with Crippen LogP contribution in [0.2, 0.25) is 0 Å². The fourth-order valence-electron chi connectivity index (χ4n) is 4.68. The second-order valence-electron chi connectivity index (χ2n) is 8.72. The SMILES string of the molecule is CCN(CC1(C)CC(NC(=S)S)CC(C)(C)C1)C(=S)C(=S)c1ccccc1. The first kappa shape index (κ1) is 22.7. The summed E-state index contributed by atoms with van der Waals surface area (Å²) in [6.45, 7) is 10.9. The average Bonchev–Trinajstić information content (AvgIpc) is 2.56. The van der Waals surface area contributed by atoms with E-state index < -0.39 is 0 Å². The fraction of sp³-hybridized carbons (Fsp3) is 0.571. The van der Waals surface area contributed by atoms with E-state index in [1.165, 1.54) is 0 Å². The van der Waals surface area contributed by atoms with Crippen LogP contribution in [0.15, 0.2) is 30.3 Å². The Kier molecular flexibility index (Phi) is 7.82. The van der Waals surface area contributed by atoms with Crippen LogP contribution < -0.4 is 5.32 Å². The molecule has 0 bridgehead atoms. The Hall–Kier alpha value is -0.560. The molecule has 1 aliphatic carbocycles. The first-order valence-corrected chi connectivity index (χ1v) is 11.1. The van der Waals surface area contributed by atoms with E-state index in [1.54, 1.807) is 0 Å². The number of benzene rings is 1. The van der Waals surface area contributed by atoms with Crippen molar-refractivity contribution in [2.75, 3.05) is 13.1 Å². The van der Waals surface area contributed by atoms with Crippen molar-refractivity contribution in [1.82, 2.24) is 10.2 Å². The highest BCUT2D eigenvalue weighted by molar-refractivity contribution is 8.11. The minimum absolute atomic E-state index is 0.129. The van der Waals surface area contributed by atoms with Crippen LogP contribution >= 0.6 is 49.3 Å². The van der Waals surface area contributed by atoms with Gasteiger partial charge in [-0.15, -0.1) is 12.6 Å². The lowest BCUT2D eigenvalue weighted by Crippen LogP contribution is -2.51. The summed E-state index contributed by atoms with van der Waals surface area (Å²) in [5.41, 5.74) is 1.39. The normalized spacial score (nSPS) is 24.1. The van der Waals surface area contributed by atoms with Gasteiger partial charge in [0.2, 0.25) is 0 Å². The fourth-order valence-corrected chi connectivity index (χ4v) is 5.60. The first-order chi connectivity index (χ1) is 12.6. The molecule has 0 spiro atoms. The molecule has 2 atom stereocenters. The maximum atomic E-state index is 5.79. The highest BCUT2D eigenvalue weighted by Crippen LogP contribution is 2.46. The average molecular weight is 439 g/mol. The topological polar surface area (TPSA) is 15.3 Å². The highest BCUT2D eigenvalue weighted by Gasteiger charge is 2.42. The van der Waals surface area contributed by atoms with Gasteiger partial charge in [-0.2, -0.15) is 0 Å². The smallest absolute Gasteiger partial charge is 0.130 e. The summed E-state index contributed by atoms with van der Waals surface area (Å²) < 4.78 is 0.577. The molecule has 27 heavy (non-hydrogen) atoms. The third-order valence-electron chi connectivity index (χ3n) is 5.24. The largest absolute Gasteiger partial charge is 0.368 e. The van der Waals surface area contributed by atoms with Crippen molar-refractivity contribution < 1.29 is 0 Å². The van der Waals surface area contributed by atoms with Crippen LogP contribution in [-0.4, -0.2) is 38.2 Å². The second kappa shape index (κ2) is 9.29. The quantitative estimate of drug-likeness (QED) is 0.348. The van der Waals surface area contributed by atoms with Crippen LogP contribution in [0.4, 0.5) is 0 Å². The van der Waals surface area contributed by atoms with Gasteiger partial charge in [0.25, 0.3) is 0 Å². The molecule has 2 unspecified atom stereocenters. The molecule has 1 saturated carbocycles. The first-order valence-electron chi connectivity index (χ1n) is 9.43. The zero-order valence-electron chi connectivity index (χ0n) is 16.6. The Morgan fingerprint density at radius 2 is 1.78 bits per heavy atom. The van der Waals surface area contributed by atoms with E-state index in [0.717, 1.165) is 47.8 Å². The molecule has 6 heteroatoms. The van der Waals surface area contributed by atoms with Crippen molar-refractivity contribution >= 4 is 63.5 Å². The van der Waals surface area contributed by atoms with Gasteiger partial charge in [-0.25, -0.2) is 0 Å². The van der Waals surface area contributed by atoms with E-state index in [2.05, 4.69) is 50.5 Å². The molecule has 2 nitrogen and oxygen atoms in total. The van der Waals surface area contributed by atoms with Gasteiger partial charge in [-0.1, -0.05) is 87.8 Å². The Labute approximate surface area is 185 Å². The molecule has 1 aromatic rings. The minimum atomic E-state index is 0.129. The summed E-state index contributed by atoms with van der Waals surface area (Å²) >= 11 is 20.9. The van der Waals surface area contributed by atoms with Gasteiger partial charge >= 0.3 is 0 Å². The predicted molar refractivity (Wildman–Crippen MR) is 132 cm³/mol. The number of hydrogen-bond donors (Lipinski definition) is 2. The molecule has 2 rings (SSSR count). The number of rotatable bonds is 6. The van der Waals surface area contributed by atoms with E-state index in [9.17, 15) is 0 Å². The van der Waals surface area contributed by atoms with Crippen LogP contribution in [-0.2, 0) is 0 Å². The molecular formula is C21H30N2S4. The number of nitrogens with one attached hydrogen (secondary N) is 1. The van der Waals surface area contributed by atoms with Gasteiger partial charge in [0.05, 0.1) is 4.86 Å².